The second-order valence-electron chi connectivity index (χ2n) is 3.84. The fourth-order valence-corrected chi connectivity index (χ4v) is 1.88. The summed E-state index contributed by atoms with van der Waals surface area (Å²) in [6.07, 6.45) is 0.962. The van der Waals surface area contributed by atoms with Gasteiger partial charge >= 0.3 is 5.97 Å². The molecule has 1 heterocycles. The Morgan fingerprint density at radius 1 is 1.57 bits per heavy atom. The number of hydrogen-bond donors (Lipinski definition) is 2. The van der Waals surface area contributed by atoms with Gasteiger partial charge in [-0.2, -0.15) is 0 Å². The summed E-state index contributed by atoms with van der Waals surface area (Å²) in [4.78, 5) is 10.9. The summed E-state index contributed by atoms with van der Waals surface area (Å²) in [6, 6.07) is 5.44. The van der Waals surface area contributed by atoms with Crippen LogP contribution >= 0.6 is 0 Å². The van der Waals surface area contributed by atoms with E-state index in [0.717, 1.165) is 24.2 Å². The summed E-state index contributed by atoms with van der Waals surface area (Å²) in [5.41, 5.74) is 2.30. The first-order chi connectivity index (χ1) is 6.68. The van der Waals surface area contributed by atoms with Gasteiger partial charge in [-0.05, 0) is 24.0 Å². The summed E-state index contributed by atoms with van der Waals surface area (Å²) in [6.45, 7) is 3.01. The maximum Gasteiger partial charge on any atom is 0.337 e. The molecule has 1 aromatic carbocycles. The molecule has 1 aromatic rings. The number of benzene rings is 1. The Morgan fingerprint density at radius 2 is 2.36 bits per heavy atom. The third kappa shape index (κ3) is 1.45. The lowest BCUT2D eigenvalue weighted by Crippen LogP contribution is -2.22. The van der Waals surface area contributed by atoms with E-state index in [-0.39, 0.29) is 0 Å². The third-order valence-corrected chi connectivity index (χ3v) is 2.58. The molecule has 0 spiro atoms. The quantitative estimate of drug-likeness (QED) is 0.713. The van der Waals surface area contributed by atoms with Gasteiger partial charge in [0.15, 0.2) is 0 Å². The number of aromatic carboxylic acids is 1. The lowest BCUT2D eigenvalue weighted by molar-refractivity contribution is 0.0697. The van der Waals surface area contributed by atoms with Crippen LogP contribution in [0.1, 0.15) is 22.8 Å². The smallest absolute Gasteiger partial charge is 0.337 e. The summed E-state index contributed by atoms with van der Waals surface area (Å²) in [5.74, 6) is -0.282. The Balaban J connectivity index is 2.46. The van der Waals surface area contributed by atoms with Gasteiger partial charge in [0.2, 0.25) is 0 Å². The minimum atomic E-state index is -0.857. The molecular weight excluding hydrogens is 178 g/mol. The summed E-state index contributed by atoms with van der Waals surface area (Å²) in [5, 5.41) is 12.1. The van der Waals surface area contributed by atoms with Crippen LogP contribution in [0.3, 0.4) is 0 Å². The number of nitrogens with one attached hydrogen (secondary N) is 1. The van der Waals surface area contributed by atoms with Crippen LogP contribution in [0.2, 0.25) is 0 Å². The fraction of sp³-hybridized carbons (Fsp3) is 0.364. The number of carbonyl (C=O) groups is 1. The lowest BCUT2D eigenvalue weighted by atomic mass is 9.93. The average molecular weight is 191 g/mol. The van der Waals surface area contributed by atoms with Gasteiger partial charge in [-0.25, -0.2) is 4.79 Å². The van der Waals surface area contributed by atoms with Gasteiger partial charge in [0.05, 0.1) is 11.3 Å². The molecule has 3 nitrogen and oxygen atoms in total. The highest BCUT2D eigenvalue weighted by atomic mass is 16.4. The minimum Gasteiger partial charge on any atom is -0.478 e. The summed E-state index contributed by atoms with van der Waals surface area (Å²) < 4.78 is 0. The molecule has 1 unspecified atom stereocenters. The van der Waals surface area contributed by atoms with Crippen molar-refractivity contribution in [2.45, 2.75) is 13.3 Å². The predicted molar refractivity (Wildman–Crippen MR) is 54.8 cm³/mol. The van der Waals surface area contributed by atoms with E-state index in [1.165, 1.54) is 0 Å². The molecular formula is C11H13NO2. The molecule has 0 fully saturated rings. The highest BCUT2D eigenvalue weighted by molar-refractivity contribution is 5.95. The van der Waals surface area contributed by atoms with E-state index in [1.807, 2.05) is 12.1 Å². The van der Waals surface area contributed by atoms with Crippen molar-refractivity contribution in [3.05, 3.63) is 29.3 Å². The fourth-order valence-electron chi connectivity index (χ4n) is 1.88. The standard InChI is InChI=1S/C11H13NO2/c1-7-5-8-3-2-4-9(11(13)14)10(8)12-6-7/h2-4,7,12H,5-6H2,1H3,(H,13,14). The summed E-state index contributed by atoms with van der Waals surface area (Å²) >= 11 is 0. The second-order valence-corrected chi connectivity index (χ2v) is 3.84. The zero-order valence-electron chi connectivity index (χ0n) is 8.08. The maximum atomic E-state index is 10.9. The van der Waals surface area contributed by atoms with E-state index >= 15 is 0 Å². The Bertz CT molecular complexity index is 374. The normalized spacial score (nSPS) is 19.6. The molecule has 0 bridgehead atoms. The third-order valence-electron chi connectivity index (χ3n) is 2.58. The highest BCUT2D eigenvalue weighted by Crippen LogP contribution is 2.27. The molecule has 0 aliphatic carbocycles. The van der Waals surface area contributed by atoms with Crippen molar-refractivity contribution in [3.63, 3.8) is 0 Å². The monoisotopic (exact) mass is 191 g/mol. The Morgan fingerprint density at radius 3 is 3.07 bits per heavy atom. The van der Waals surface area contributed by atoms with E-state index in [1.54, 1.807) is 6.07 Å². The van der Waals surface area contributed by atoms with Crippen LogP contribution in [0.25, 0.3) is 0 Å². The van der Waals surface area contributed by atoms with Crippen LogP contribution in [0, 0.1) is 5.92 Å². The van der Waals surface area contributed by atoms with Gasteiger partial charge in [-0.1, -0.05) is 19.1 Å². The molecule has 74 valence electrons. The van der Waals surface area contributed by atoms with Crippen LogP contribution < -0.4 is 5.32 Å². The number of fused-ring (bicyclic) bond motifs is 1. The first kappa shape index (κ1) is 9.06. The first-order valence-corrected chi connectivity index (χ1v) is 4.77. The van der Waals surface area contributed by atoms with Gasteiger partial charge in [0.25, 0.3) is 0 Å². The average Bonchev–Trinajstić information content (AvgIpc) is 2.16. The SMILES string of the molecule is CC1CNc2c(cccc2C(=O)O)C1. The predicted octanol–water partition coefficient (Wildman–Crippen LogP) is 1.99. The molecule has 0 saturated heterocycles. The molecule has 14 heavy (non-hydrogen) atoms. The minimum absolute atomic E-state index is 0.384. The Labute approximate surface area is 82.8 Å². The van der Waals surface area contributed by atoms with Gasteiger partial charge < -0.3 is 10.4 Å². The molecule has 2 rings (SSSR count). The van der Waals surface area contributed by atoms with Crippen molar-refractivity contribution >= 4 is 11.7 Å². The van der Waals surface area contributed by atoms with Crippen LogP contribution in [-0.4, -0.2) is 17.6 Å². The molecule has 0 saturated carbocycles. The van der Waals surface area contributed by atoms with Crippen LogP contribution in [0.15, 0.2) is 18.2 Å². The van der Waals surface area contributed by atoms with E-state index in [9.17, 15) is 4.79 Å². The number of hydrogen-bond acceptors (Lipinski definition) is 2. The number of carboxylic acids is 1. The number of anilines is 1. The lowest BCUT2D eigenvalue weighted by Gasteiger charge is -2.24. The Hall–Kier alpha value is -1.51. The van der Waals surface area contributed by atoms with Crippen molar-refractivity contribution in [1.29, 1.82) is 0 Å². The molecule has 0 aromatic heterocycles. The van der Waals surface area contributed by atoms with Crippen LogP contribution in [0.5, 0.6) is 0 Å². The zero-order valence-corrected chi connectivity index (χ0v) is 8.08. The zero-order chi connectivity index (χ0) is 10.1. The summed E-state index contributed by atoms with van der Waals surface area (Å²) in [7, 11) is 0. The molecule has 1 aliphatic heterocycles. The molecule has 2 N–H and O–H groups in total. The molecule has 3 heteroatoms. The van der Waals surface area contributed by atoms with E-state index in [4.69, 9.17) is 5.11 Å². The molecule has 0 amide bonds. The molecule has 1 atom stereocenters. The largest absolute Gasteiger partial charge is 0.478 e. The van der Waals surface area contributed by atoms with Crippen LogP contribution in [0.4, 0.5) is 5.69 Å². The second kappa shape index (κ2) is 3.33. The van der Waals surface area contributed by atoms with Crippen molar-refractivity contribution in [2.24, 2.45) is 5.92 Å². The number of rotatable bonds is 1. The number of carboxylic acid groups (broad SMARTS) is 1. The van der Waals surface area contributed by atoms with Gasteiger partial charge in [0.1, 0.15) is 0 Å². The van der Waals surface area contributed by atoms with Crippen molar-refractivity contribution in [2.75, 3.05) is 11.9 Å². The van der Waals surface area contributed by atoms with Crippen molar-refractivity contribution < 1.29 is 9.90 Å². The van der Waals surface area contributed by atoms with Crippen molar-refractivity contribution in [1.82, 2.24) is 0 Å². The van der Waals surface area contributed by atoms with Gasteiger partial charge in [0, 0.05) is 6.54 Å². The van der Waals surface area contributed by atoms with Gasteiger partial charge in [-0.15, -0.1) is 0 Å². The topological polar surface area (TPSA) is 49.3 Å². The molecule has 0 radical (unpaired) electrons. The Kier molecular flexibility index (Phi) is 2.15. The van der Waals surface area contributed by atoms with Crippen molar-refractivity contribution in [3.8, 4) is 0 Å². The van der Waals surface area contributed by atoms with E-state index in [0.29, 0.717) is 11.5 Å². The van der Waals surface area contributed by atoms with Gasteiger partial charge in [-0.3, -0.25) is 0 Å². The van der Waals surface area contributed by atoms with Crippen LogP contribution in [-0.2, 0) is 6.42 Å². The van der Waals surface area contributed by atoms with E-state index in [2.05, 4.69) is 12.2 Å². The maximum absolute atomic E-state index is 10.9. The first-order valence-electron chi connectivity index (χ1n) is 4.77. The highest BCUT2D eigenvalue weighted by Gasteiger charge is 2.19. The molecule has 1 aliphatic rings. The number of para-hydroxylation sites is 1. The van der Waals surface area contributed by atoms with E-state index < -0.39 is 5.97 Å².